The van der Waals surface area contributed by atoms with E-state index in [9.17, 15) is 24.5 Å². The normalized spacial score (nSPS) is 10.9. The van der Waals surface area contributed by atoms with Crippen LogP contribution in [0.1, 0.15) is 16.1 Å². The lowest BCUT2D eigenvalue weighted by Crippen LogP contribution is -2.19. The maximum atomic E-state index is 12.8. The van der Waals surface area contributed by atoms with Gasteiger partial charge in [0.25, 0.3) is 5.69 Å². The predicted molar refractivity (Wildman–Crippen MR) is 133 cm³/mol. The third-order valence-electron chi connectivity index (χ3n) is 5.58. The number of H-pyrrole nitrogens is 1. The monoisotopic (exact) mass is 498 g/mol. The number of pyridine rings is 1. The number of nitrogens with one attached hydrogen (secondary N) is 2. The number of ether oxygens (including phenoxy) is 1. The van der Waals surface area contributed by atoms with Gasteiger partial charge in [-0.25, -0.2) is 9.48 Å². The zero-order valence-corrected chi connectivity index (χ0v) is 19.1. The number of anilines is 1. The average Bonchev–Trinajstić information content (AvgIpc) is 3.34. The van der Waals surface area contributed by atoms with Crippen molar-refractivity contribution in [1.82, 2.24) is 20.0 Å². The number of nitrogens with zero attached hydrogens (tertiary/aromatic N) is 4. The van der Waals surface area contributed by atoms with Gasteiger partial charge in [-0.05, 0) is 30.3 Å². The van der Waals surface area contributed by atoms with Crippen molar-refractivity contribution in [3.63, 3.8) is 0 Å². The lowest BCUT2D eigenvalue weighted by Gasteiger charge is -2.08. The van der Waals surface area contributed by atoms with E-state index in [4.69, 9.17) is 4.74 Å². The summed E-state index contributed by atoms with van der Waals surface area (Å²) in [4.78, 5) is 51.7. The molecule has 0 saturated heterocycles. The molecule has 0 fully saturated rings. The van der Waals surface area contributed by atoms with E-state index >= 15 is 0 Å². The van der Waals surface area contributed by atoms with Crippen LogP contribution in [-0.2, 0) is 22.7 Å². The maximum absolute atomic E-state index is 12.8. The van der Waals surface area contributed by atoms with Gasteiger partial charge < -0.3 is 15.0 Å². The summed E-state index contributed by atoms with van der Waals surface area (Å²) in [6.07, 6.45) is 1.42. The molecule has 5 aromatic rings. The van der Waals surface area contributed by atoms with E-state index in [1.807, 2.05) is 0 Å². The van der Waals surface area contributed by atoms with Crippen molar-refractivity contribution >= 4 is 45.1 Å². The first-order valence-corrected chi connectivity index (χ1v) is 11.0. The number of aromatic nitrogens is 4. The van der Waals surface area contributed by atoms with E-state index in [0.29, 0.717) is 21.8 Å². The number of benzene rings is 3. The Kier molecular flexibility index (Phi) is 6.12. The highest BCUT2D eigenvalue weighted by Crippen LogP contribution is 2.23. The predicted octanol–water partition coefficient (Wildman–Crippen LogP) is 3.18. The molecule has 0 aliphatic carbocycles. The lowest BCUT2D eigenvalue weighted by atomic mass is 10.1. The number of nitro benzene ring substituents is 1. The van der Waals surface area contributed by atoms with Gasteiger partial charge in [-0.2, -0.15) is 0 Å². The minimum Gasteiger partial charge on any atom is -0.455 e. The van der Waals surface area contributed by atoms with Crippen molar-refractivity contribution in [2.24, 2.45) is 0 Å². The molecule has 0 saturated carbocycles. The molecule has 2 heterocycles. The molecule has 0 atom stereocenters. The molecule has 0 aliphatic heterocycles. The Morgan fingerprint density at radius 2 is 1.78 bits per heavy atom. The van der Waals surface area contributed by atoms with Crippen LogP contribution in [0.4, 0.5) is 11.4 Å². The molecule has 0 bridgehead atoms. The summed E-state index contributed by atoms with van der Waals surface area (Å²) in [6, 6.07) is 17.6. The SMILES string of the molecule is O=C(Cn1cc(COC(=O)c2cccc3c(=O)c4ccccc4[nH]c23)nn1)Nc1ccccc1[N+](=O)[O-]. The molecule has 5 rings (SSSR count). The van der Waals surface area contributed by atoms with Crippen molar-refractivity contribution in [3.05, 3.63) is 105 Å². The van der Waals surface area contributed by atoms with Gasteiger partial charge in [0.15, 0.2) is 5.43 Å². The first-order valence-electron chi connectivity index (χ1n) is 11.0. The molecular weight excluding hydrogens is 480 g/mol. The summed E-state index contributed by atoms with van der Waals surface area (Å²) < 4.78 is 6.59. The fraction of sp³-hybridized carbons (Fsp3) is 0.0800. The van der Waals surface area contributed by atoms with Gasteiger partial charge in [-0.1, -0.05) is 35.5 Å². The van der Waals surface area contributed by atoms with Crippen LogP contribution in [0.3, 0.4) is 0 Å². The van der Waals surface area contributed by atoms with Crippen LogP contribution in [-0.4, -0.2) is 36.8 Å². The highest BCUT2D eigenvalue weighted by Gasteiger charge is 2.17. The van der Waals surface area contributed by atoms with Crippen LogP contribution in [0.25, 0.3) is 21.8 Å². The average molecular weight is 498 g/mol. The molecule has 184 valence electrons. The fourth-order valence-corrected chi connectivity index (χ4v) is 3.89. The number of esters is 1. The van der Waals surface area contributed by atoms with Crippen LogP contribution in [0, 0.1) is 10.1 Å². The third-order valence-corrected chi connectivity index (χ3v) is 5.58. The quantitative estimate of drug-likeness (QED) is 0.150. The summed E-state index contributed by atoms with van der Waals surface area (Å²) in [5.74, 6) is -1.21. The van der Waals surface area contributed by atoms with Gasteiger partial charge in [0.05, 0.1) is 22.2 Å². The fourth-order valence-electron chi connectivity index (χ4n) is 3.89. The first-order chi connectivity index (χ1) is 17.9. The maximum Gasteiger partial charge on any atom is 0.340 e. The molecule has 0 aliphatic rings. The van der Waals surface area contributed by atoms with Crippen LogP contribution in [0.15, 0.2) is 77.7 Å². The minimum atomic E-state index is -0.666. The summed E-state index contributed by atoms with van der Waals surface area (Å²) in [5.41, 5.74) is 1.08. The number of fused-ring (bicyclic) bond motifs is 2. The molecule has 0 spiro atoms. The number of carbonyl (C=O) groups is 2. The van der Waals surface area contributed by atoms with Gasteiger partial charge in [-0.3, -0.25) is 19.7 Å². The summed E-state index contributed by atoms with van der Waals surface area (Å²) in [7, 11) is 0. The molecule has 1 amide bonds. The number of carbonyl (C=O) groups excluding carboxylic acids is 2. The Balaban J connectivity index is 1.27. The Morgan fingerprint density at radius 1 is 1.03 bits per heavy atom. The summed E-state index contributed by atoms with van der Waals surface area (Å²) in [6.45, 7) is -0.483. The molecule has 0 unspecified atom stereocenters. The van der Waals surface area contributed by atoms with Crippen molar-refractivity contribution in [2.75, 3.05) is 5.32 Å². The van der Waals surface area contributed by atoms with Crippen molar-refractivity contribution < 1.29 is 19.2 Å². The van der Waals surface area contributed by atoms with Gasteiger partial charge in [0.1, 0.15) is 24.5 Å². The van der Waals surface area contributed by atoms with Gasteiger partial charge >= 0.3 is 5.97 Å². The van der Waals surface area contributed by atoms with Gasteiger partial charge in [0, 0.05) is 22.4 Å². The highest BCUT2D eigenvalue weighted by atomic mass is 16.6. The molecular formula is C25H18N6O6. The first kappa shape index (κ1) is 23.4. The largest absolute Gasteiger partial charge is 0.455 e. The Labute approximate surface area is 207 Å². The van der Waals surface area contributed by atoms with E-state index in [-0.39, 0.29) is 41.2 Å². The van der Waals surface area contributed by atoms with E-state index in [1.54, 1.807) is 48.5 Å². The van der Waals surface area contributed by atoms with Crippen LogP contribution in [0.2, 0.25) is 0 Å². The number of hydrogen-bond donors (Lipinski definition) is 2. The molecule has 0 radical (unpaired) electrons. The number of nitro groups is 1. The number of rotatable bonds is 7. The molecule has 2 aromatic heterocycles. The van der Waals surface area contributed by atoms with Gasteiger partial charge in [-0.15, -0.1) is 5.10 Å². The molecule has 2 N–H and O–H groups in total. The standard InChI is InChI=1S/C25H18N6O6/c32-22(26-20-10-3-4-11-21(20)31(35)36)13-30-12-15(28-29-30)14-37-25(34)18-8-5-7-17-23(18)27-19-9-2-1-6-16(19)24(17)33/h1-12H,13-14H2,(H,26,32)(H,27,33). The lowest BCUT2D eigenvalue weighted by molar-refractivity contribution is -0.383. The number of amides is 1. The van der Waals surface area contributed by atoms with E-state index in [2.05, 4.69) is 20.6 Å². The Hall–Kier alpha value is -5.39. The second-order valence-corrected chi connectivity index (χ2v) is 8.03. The number of para-hydroxylation sites is 4. The van der Waals surface area contributed by atoms with Gasteiger partial charge in [0.2, 0.25) is 5.91 Å². The van der Waals surface area contributed by atoms with Crippen LogP contribution >= 0.6 is 0 Å². The zero-order chi connectivity index (χ0) is 25.9. The van der Waals surface area contributed by atoms with E-state index in [0.717, 1.165) is 0 Å². The molecule has 3 aromatic carbocycles. The molecule has 37 heavy (non-hydrogen) atoms. The van der Waals surface area contributed by atoms with Crippen LogP contribution < -0.4 is 10.7 Å². The minimum absolute atomic E-state index is 0.0627. The van der Waals surface area contributed by atoms with Crippen molar-refractivity contribution in [1.29, 1.82) is 0 Å². The summed E-state index contributed by atoms with van der Waals surface area (Å²) >= 11 is 0. The molecule has 12 heteroatoms. The number of aromatic amines is 1. The van der Waals surface area contributed by atoms with E-state index < -0.39 is 16.8 Å². The van der Waals surface area contributed by atoms with Crippen molar-refractivity contribution in [2.45, 2.75) is 13.2 Å². The zero-order valence-electron chi connectivity index (χ0n) is 19.1. The second-order valence-electron chi connectivity index (χ2n) is 8.03. The Bertz CT molecular complexity index is 1740. The van der Waals surface area contributed by atoms with Crippen molar-refractivity contribution in [3.8, 4) is 0 Å². The summed E-state index contributed by atoms with van der Waals surface area (Å²) in [5, 5.41) is 22.2. The Morgan fingerprint density at radius 3 is 2.62 bits per heavy atom. The second kappa shape index (κ2) is 9.70. The number of hydrogen-bond acceptors (Lipinski definition) is 8. The highest BCUT2D eigenvalue weighted by molar-refractivity contribution is 6.05. The smallest absolute Gasteiger partial charge is 0.340 e. The third kappa shape index (κ3) is 4.75. The molecule has 12 nitrogen and oxygen atoms in total. The van der Waals surface area contributed by atoms with E-state index in [1.165, 1.54) is 29.1 Å². The van der Waals surface area contributed by atoms with Crippen LogP contribution in [0.5, 0.6) is 0 Å². The topological polar surface area (TPSA) is 162 Å².